The number of fused-ring (bicyclic) bond motifs is 3. The molecule has 0 bridgehead atoms. The molecular weight excluding hydrogens is 191 g/mol. The largest absolute Gasteiger partial charge is 0.464 e. The van der Waals surface area contributed by atoms with Crippen LogP contribution in [0.25, 0.3) is 0 Å². The summed E-state index contributed by atoms with van der Waals surface area (Å²) in [5.74, 6) is -2.53. The SMILES string of the molecule is CCOC(=O)C1(F)C2C(=O)C3OC3C21. The van der Waals surface area contributed by atoms with Crippen LogP contribution in [0.4, 0.5) is 4.39 Å². The van der Waals surface area contributed by atoms with E-state index in [0.717, 1.165) is 0 Å². The van der Waals surface area contributed by atoms with E-state index in [-0.39, 0.29) is 18.5 Å². The molecule has 14 heavy (non-hydrogen) atoms. The van der Waals surface area contributed by atoms with Crippen LogP contribution in [0.1, 0.15) is 6.92 Å². The van der Waals surface area contributed by atoms with Crippen molar-refractivity contribution in [3.63, 3.8) is 0 Å². The fourth-order valence-corrected chi connectivity index (χ4v) is 2.50. The number of rotatable bonds is 2. The minimum Gasteiger partial charge on any atom is -0.464 e. The Hall–Kier alpha value is -0.970. The molecule has 76 valence electrons. The summed E-state index contributed by atoms with van der Waals surface area (Å²) in [7, 11) is 0. The molecule has 5 heteroatoms. The van der Waals surface area contributed by atoms with Gasteiger partial charge in [-0.2, -0.15) is 0 Å². The first-order valence-corrected chi connectivity index (χ1v) is 4.67. The molecule has 0 aromatic heterocycles. The van der Waals surface area contributed by atoms with Crippen LogP contribution in [-0.2, 0) is 19.1 Å². The second kappa shape index (κ2) is 2.16. The molecule has 1 heterocycles. The molecule has 0 spiro atoms. The highest BCUT2D eigenvalue weighted by Crippen LogP contribution is 2.68. The van der Waals surface area contributed by atoms with Gasteiger partial charge in [0.05, 0.1) is 18.6 Å². The van der Waals surface area contributed by atoms with Gasteiger partial charge in [-0.3, -0.25) is 4.79 Å². The quantitative estimate of drug-likeness (QED) is 0.459. The maximum atomic E-state index is 13.9. The van der Waals surface area contributed by atoms with E-state index in [1.54, 1.807) is 6.92 Å². The number of epoxide rings is 1. The van der Waals surface area contributed by atoms with Crippen molar-refractivity contribution < 1.29 is 23.5 Å². The number of esters is 1. The van der Waals surface area contributed by atoms with Gasteiger partial charge in [-0.25, -0.2) is 9.18 Å². The number of ketones is 1. The Labute approximate surface area is 79.4 Å². The average molecular weight is 200 g/mol. The smallest absolute Gasteiger partial charge is 0.345 e. The van der Waals surface area contributed by atoms with Crippen LogP contribution in [0, 0.1) is 11.8 Å². The summed E-state index contributed by atoms with van der Waals surface area (Å²) in [4.78, 5) is 22.6. The highest BCUT2D eigenvalue weighted by atomic mass is 19.1. The number of ether oxygens (including phenoxy) is 2. The summed E-state index contributed by atoms with van der Waals surface area (Å²) in [6, 6.07) is 0. The van der Waals surface area contributed by atoms with Crippen molar-refractivity contribution in [2.45, 2.75) is 24.8 Å². The zero-order valence-corrected chi connectivity index (χ0v) is 7.53. The van der Waals surface area contributed by atoms with Gasteiger partial charge in [-0.15, -0.1) is 0 Å². The fraction of sp³-hybridized carbons (Fsp3) is 0.778. The van der Waals surface area contributed by atoms with E-state index < -0.39 is 29.6 Å². The van der Waals surface area contributed by atoms with Gasteiger partial charge in [-0.1, -0.05) is 0 Å². The van der Waals surface area contributed by atoms with Crippen molar-refractivity contribution in [2.24, 2.45) is 11.8 Å². The molecule has 0 N–H and O–H groups in total. The number of carbonyl (C=O) groups is 2. The van der Waals surface area contributed by atoms with Crippen LogP contribution in [0.2, 0.25) is 0 Å². The van der Waals surface area contributed by atoms with Crippen LogP contribution < -0.4 is 0 Å². The first kappa shape index (κ1) is 8.35. The molecule has 0 aromatic rings. The Balaban J connectivity index is 1.82. The third-order valence-corrected chi connectivity index (χ3v) is 3.24. The predicted molar refractivity (Wildman–Crippen MR) is 41.1 cm³/mol. The molecule has 1 aliphatic heterocycles. The van der Waals surface area contributed by atoms with Crippen LogP contribution in [0.3, 0.4) is 0 Å². The molecule has 2 saturated carbocycles. The van der Waals surface area contributed by atoms with E-state index in [9.17, 15) is 14.0 Å². The molecule has 3 aliphatic rings. The van der Waals surface area contributed by atoms with Crippen molar-refractivity contribution >= 4 is 11.8 Å². The molecule has 4 nitrogen and oxygen atoms in total. The molecular formula is C9H9FO4. The van der Waals surface area contributed by atoms with Crippen LogP contribution in [0.5, 0.6) is 0 Å². The molecule has 3 rings (SSSR count). The second-order valence-corrected chi connectivity index (χ2v) is 3.92. The van der Waals surface area contributed by atoms with Gasteiger partial charge in [0.15, 0.2) is 5.78 Å². The minimum atomic E-state index is -2.08. The van der Waals surface area contributed by atoms with Gasteiger partial charge >= 0.3 is 5.97 Å². The normalized spacial score (nSPS) is 52.3. The molecule has 1 saturated heterocycles. The van der Waals surface area contributed by atoms with Crippen molar-refractivity contribution in [2.75, 3.05) is 6.61 Å². The molecule has 3 fully saturated rings. The van der Waals surface area contributed by atoms with E-state index in [2.05, 4.69) is 4.74 Å². The first-order valence-electron chi connectivity index (χ1n) is 4.67. The Bertz CT molecular complexity index is 342. The van der Waals surface area contributed by atoms with E-state index in [0.29, 0.717) is 0 Å². The lowest BCUT2D eigenvalue weighted by Crippen LogP contribution is -2.30. The Morgan fingerprint density at radius 1 is 1.71 bits per heavy atom. The van der Waals surface area contributed by atoms with Crippen LogP contribution >= 0.6 is 0 Å². The highest BCUT2D eigenvalue weighted by Gasteiger charge is 2.88. The lowest BCUT2D eigenvalue weighted by atomic mass is 10.1. The average Bonchev–Trinajstić information content (AvgIpc) is 2.97. The van der Waals surface area contributed by atoms with E-state index >= 15 is 0 Å². The van der Waals surface area contributed by atoms with Crippen molar-refractivity contribution in [1.29, 1.82) is 0 Å². The predicted octanol–water partition coefficient (Wildman–Crippen LogP) is -0.146. The zero-order valence-electron chi connectivity index (χ0n) is 7.53. The third-order valence-electron chi connectivity index (χ3n) is 3.24. The summed E-state index contributed by atoms with van der Waals surface area (Å²) >= 11 is 0. The summed E-state index contributed by atoms with van der Waals surface area (Å²) in [6.07, 6.45) is -0.787. The number of alkyl halides is 1. The van der Waals surface area contributed by atoms with Gasteiger partial charge in [0.2, 0.25) is 5.67 Å². The van der Waals surface area contributed by atoms with Gasteiger partial charge in [0.1, 0.15) is 6.10 Å². The molecule has 0 aromatic carbocycles. The van der Waals surface area contributed by atoms with Gasteiger partial charge in [0.25, 0.3) is 0 Å². The van der Waals surface area contributed by atoms with Gasteiger partial charge in [0, 0.05) is 5.92 Å². The van der Waals surface area contributed by atoms with Gasteiger partial charge < -0.3 is 9.47 Å². The van der Waals surface area contributed by atoms with Crippen molar-refractivity contribution in [1.82, 2.24) is 0 Å². The number of carbonyl (C=O) groups excluding carboxylic acids is 2. The van der Waals surface area contributed by atoms with E-state index in [1.165, 1.54) is 0 Å². The Kier molecular flexibility index (Phi) is 1.29. The molecule has 0 radical (unpaired) electrons. The lowest BCUT2D eigenvalue weighted by molar-refractivity contribution is -0.153. The summed E-state index contributed by atoms with van der Waals surface area (Å²) in [5.41, 5.74) is -2.08. The minimum absolute atomic E-state index is 0.132. The highest BCUT2D eigenvalue weighted by molar-refractivity contribution is 6.04. The fourth-order valence-electron chi connectivity index (χ4n) is 2.50. The topological polar surface area (TPSA) is 55.9 Å². The van der Waals surface area contributed by atoms with Crippen LogP contribution in [-0.4, -0.2) is 36.2 Å². The standard InChI is InChI=1S/C9H9FO4/c1-2-13-8(12)9(10)3-4(9)6-7(14-6)5(3)11/h3-4,6-7H,2H2,1H3. The summed E-state index contributed by atoms with van der Waals surface area (Å²) in [6.45, 7) is 1.74. The van der Waals surface area contributed by atoms with Crippen molar-refractivity contribution in [3.05, 3.63) is 0 Å². The van der Waals surface area contributed by atoms with Gasteiger partial charge in [-0.05, 0) is 6.92 Å². The monoisotopic (exact) mass is 200 g/mol. The molecule has 0 amide bonds. The lowest BCUT2D eigenvalue weighted by Gasteiger charge is -2.07. The summed E-state index contributed by atoms with van der Waals surface area (Å²) in [5, 5.41) is 0. The summed E-state index contributed by atoms with van der Waals surface area (Å²) < 4.78 is 23.5. The zero-order chi connectivity index (χ0) is 10.1. The maximum Gasteiger partial charge on any atom is 0.345 e. The van der Waals surface area contributed by atoms with Crippen molar-refractivity contribution in [3.8, 4) is 0 Å². The third kappa shape index (κ3) is 0.692. The number of hydrogen-bond acceptors (Lipinski definition) is 4. The molecule has 5 unspecified atom stereocenters. The Morgan fingerprint density at radius 3 is 2.93 bits per heavy atom. The molecule has 5 atom stereocenters. The number of hydrogen-bond donors (Lipinski definition) is 0. The number of Topliss-reactive ketones (excluding diaryl/α,β-unsaturated/α-hetero) is 1. The van der Waals surface area contributed by atoms with E-state index in [4.69, 9.17) is 4.74 Å². The maximum absolute atomic E-state index is 13.9. The van der Waals surface area contributed by atoms with E-state index in [1.807, 2.05) is 0 Å². The Morgan fingerprint density at radius 2 is 2.43 bits per heavy atom. The van der Waals surface area contributed by atoms with Crippen LogP contribution in [0.15, 0.2) is 0 Å². The molecule has 2 aliphatic carbocycles. The number of halogens is 1. The second-order valence-electron chi connectivity index (χ2n) is 3.92. The first-order chi connectivity index (χ1) is 6.62.